The van der Waals surface area contributed by atoms with Crippen molar-refractivity contribution in [3.63, 3.8) is 0 Å². The Bertz CT molecular complexity index is 1710. The molecule has 1 atom stereocenters. The van der Waals surface area contributed by atoms with Crippen LogP contribution in [0.5, 0.6) is 11.6 Å². The number of esters is 1. The highest BCUT2D eigenvalue weighted by Crippen LogP contribution is 2.30. The lowest BCUT2D eigenvalue weighted by Crippen LogP contribution is -2.39. The lowest BCUT2D eigenvalue weighted by Gasteiger charge is -2.31. The summed E-state index contributed by atoms with van der Waals surface area (Å²) in [4.78, 5) is 31.8. The highest BCUT2D eigenvalue weighted by Gasteiger charge is 2.26. The van der Waals surface area contributed by atoms with Crippen LogP contribution in [0.15, 0.2) is 65.8 Å². The first-order chi connectivity index (χ1) is 21.9. The molecule has 10 heteroatoms. The molecule has 2 aliphatic heterocycles. The molecule has 10 nitrogen and oxygen atoms in total. The molecular weight excluding hydrogens is 584 g/mol. The second-order valence-corrected chi connectivity index (χ2v) is 12.4. The van der Waals surface area contributed by atoms with Crippen molar-refractivity contribution >= 4 is 23.5 Å². The van der Waals surface area contributed by atoms with Crippen LogP contribution in [0.1, 0.15) is 79.7 Å². The Labute approximate surface area is 270 Å². The molecule has 0 spiro atoms. The van der Waals surface area contributed by atoms with Crippen molar-refractivity contribution in [2.45, 2.75) is 79.9 Å². The van der Waals surface area contributed by atoms with Gasteiger partial charge in [0.25, 0.3) is 0 Å². The largest absolute Gasteiger partial charge is 0.488 e. The van der Waals surface area contributed by atoms with Crippen LogP contribution in [-0.2, 0) is 29.0 Å². The summed E-state index contributed by atoms with van der Waals surface area (Å²) in [6.45, 7) is 14.8. The van der Waals surface area contributed by atoms with Crippen LogP contribution in [0.25, 0.3) is 5.70 Å². The summed E-state index contributed by atoms with van der Waals surface area (Å²) in [5.74, 6) is 0.500. The number of aromatic nitrogens is 2. The maximum Gasteiger partial charge on any atom is 0.410 e. The summed E-state index contributed by atoms with van der Waals surface area (Å²) < 4.78 is 25.0. The quantitative estimate of drug-likeness (QED) is 0.275. The fourth-order valence-electron chi connectivity index (χ4n) is 5.37. The number of fused-ring (bicyclic) bond motifs is 2. The molecule has 3 heterocycles. The molecule has 0 fully saturated rings. The van der Waals surface area contributed by atoms with E-state index in [1.54, 1.807) is 16.5 Å². The molecule has 0 saturated carbocycles. The molecule has 1 unspecified atom stereocenters. The van der Waals surface area contributed by atoms with Crippen molar-refractivity contribution in [3.8, 4) is 11.6 Å². The number of aryl methyl sites for hydroxylation is 1. The van der Waals surface area contributed by atoms with Gasteiger partial charge in [-0.25, -0.2) is 19.3 Å². The standard InChI is InChI=1S/C36H42N4O6/c1-8-43-34(41)30-20-37-40-24(3)12-10-14-31(38-25(4)45-33(30)40)29-13-9-11-23(2)32(29)44-22-26-15-16-28-21-39(18-17-27(28)19-26)35(42)46-36(5,6)7/h9-16,19-20,25H,8,17-18,21-22H2,1-7H3/b14-10-,24-12?,38-31?. The van der Waals surface area contributed by atoms with E-state index in [0.717, 1.165) is 40.1 Å². The summed E-state index contributed by atoms with van der Waals surface area (Å²) >= 11 is 0. The van der Waals surface area contributed by atoms with Crippen molar-refractivity contribution < 1.29 is 28.5 Å². The van der Waals surface area contributed by atoms with E-state index in [1.807, 2.05) is 84.0 Å². The number of aliphatic imine (C=N–C) groups is 1. The molecular formula is C36H42N4O6. The molecule has 5 rings (SSSR count). The molecule has 2 aliphatic rings. The topological polar surface area (TPSA) is 104 Å². The number of ether oxygens (including phenoxy) is 4. The third-order valence-electron chi connectivity index (χ3n) is 7.55. The molecule has 242 valence electrons. The first-order valence-electron chi connectivity index (χ1n) is 15.6. The SMILES string of the molecule is CCOC(=O)c1cnn2c1OC(C)N=C(c1cccc(C)c1OCc1ccc3c(c1)CCN(C(=O)OC(C)(C)C)C3)/C=C\C=C2C. The molecule has 0 bridgehead atoms. The number of rotatable bonds is 6. The zero-order valence-electron chi connectivity index (χ0n) is 27.6. The van der Waals surface area contributed by atoms with Crippen LogP contribution in [0.4, 0.5) is 4.79 Å². The summed E-state index contributed by atoms with van der Waals surface area (Å²) in [5, 5.41) is 4.35. The molecule has 0 saturated heterocycles. The number of hydrogen-bond acceptors (Lipinski definition) is 8. The highest BCUT2D eigenvalue weighted by atomic mass is 16.6. The number of carbonyl (C=O) groups excluding carboxylic acids is 2. The number of para-hydroxylation sites is 1. The van der Waals surface area contributed by atoms with Gasteiger partial charge >= 0.3 is 12.1 Å². The van der Waals surface area contributed by atoms with Gasteiger partial charge in [0.2, 0.25) is 5.88 Å². The van der Waals surface area contributed by atoms with Crippen molar-refractivity contribution in [2.24, 2.45) is 4.99 Å². The van der Waals surface area contributed by atoms with Crippen LogP contribution in [-0.4, -0.2) is 57.4 Å². The van der Waals surface area contributed by atoms with Gasteiger partial charge in [-0.1, -0.05) is 36.4 Å². The van der Waals surface area contributed by atoms with Crippen LogP contribution in [0, 0.1) is 6.92 Å². The maximum absolute atomic E-state index is 12.6. The molecule has 2 aromatic carbocycles. The average Bonchev–Trinajstić information content (AvgIpc) is 3.42. The lowest BCUT2D eigenvalue weighted by atomic mass is 9.97. The monoisotopic (exact) mass is 626 g/mol. The van der Waals surface area contributed by atoms with E-state index < -0.39 is 17.8 Å². The number of nitrogens with zero attached hydrogens (tertiary/aromatic N) is 4. The van der Waals surface area contributed by atoms with Gasteiger partial charge in [-0.3, -0.25) is 0 Å². The van der Waals surface area contributed by atoms with Gasteiger partial charge in [0.1, 0.15) is 23.5 Å². The number of benzene rings is 2. The van der Waals surface area contributed by atoms with E-state index in [1.165, 1.54) is 11.8 Å². The number of hydrogen-bond donors (Lipinski definition) is 0. The minimum atomic E-state index is -0.650. The van der Waals surface area contributed by atoms with Crippen molar-refractivity contribution in [1.29, 1.82) is 0 Å². The van der Waals surface area contributed by atoms with E-state index in [2.05, 4.69) is 17.2 Å². The Morgan fingerprint density at radius 1 is 1.11 bits per heavy atom. The highest BCUT2D eigenvalue weighted by molar-refractivity contribution is 6.11. The van der Waals surface area contributed by atoms with Gasteiger partial charge in [-0.15, -0.1) is 0 Å². The van der Waals surface area contributed by atoms with Crippen molar-refractivity contribution in [2.75, 3.05) is 13.2 Å². The van der Waals surface area contributed by atoms with E-state index >= 15 is 0 Å². The number of carbonyl (C=O) groups is 2. The van der Waals surface area contributed by atoms with E-state index in [-0.39, 0.29) is 24.1 Å². The van der Waals surface area contributed by atoms with Crippen LogP contribution >= 0.6 is 0 Å². The van der Waals surface area contributed by atoms with Gasteiger partial charge in [0, 0.05) is 24.4 Å². The van der Waals surface area contributed by atoms with Crippen LogP contribution in [0.2, 0.25) is 0 Å². The van der Waals surface area contributed by atoms with E-state index in [9.17, 15) is 9.59 Å². The summed E-state index contributed by atoms with van der Waals surface area (Å²) in [7, 11) is 0. The molecule has 1 amide bonds. The predicted octanol–water partition coefficient (Wildman–Crippen LogP) is 6.89. The smallest absolute Gasteiger partial charge is 0.410 e. The lowest BCUT2D eigenvalue weighted by molar-refractivity contribution is 0.0223. The molecule has 0 aliphatic carbocycles. The second kappa shape index (κ2) is 13.6. The van der Waals surface area contributed by atoms with E-state index in [4.69, 9.17) is 23.9 Å². The van der Waals surface area contributed by atoms with Gasteiger partial charge in [0.15, 0.2) is 6.23 Å². The number of allylic oxidation sites excluding steroid dienone is 4. The van der Waals surface area contributed by atoms with Crippen LogP contribution in [0.3, 0.4) is 0 Å². The van der Waals surface area contributed by atoms with Gasteiger partial charge in [-0.2, -0.15) is 5.10 Å². The molecule has 46 heavy (non-hydrogen) atoms. The molecule has 0 radical (unpaired) electrons. The van der Waals surface area contributed by atoms with Crippen LogP contribution < -0.4 is 9.47 Å². The minimum Gasteiger partial charge on any atom is -0.488 e. The normalized spacial score (nSPS) is 17.0. The molecule has 0 N–H and O–H groups in total. The van der Waals surface area contributed by atoms with Gasteiger partial charge < -0.3 is 23.8 Å². The zero-order chi connectivity index (χ0) is 33.0. The Balaban J connectivity index is 1.36. The Morgan fingerprint density at radius 2 is 1.91 bits per heavy atom. The Morgan fingerprint density at radius 3 is 2.67 bits per heavy atom. The molecule has 3 aromatic rings. The van der Waals surface area contributed by atoms with Crippen molar-refractivity contribution in [1.82, 2.24) is 14.7 Å². The minimum absolute atomic E-state index is 0.241. The third kappa shape index (κ3) is 7.50. The predicted molar refractivity (Wildman–Crippen MR) is 176 cm³/mol. The maximum atomic E-state index is 12.6. The fourth-order valence-corrected chi connectivity index (χ4v) is 5.37. The Hall–Kier alpha value is -4.86. The average molecular weight is 627 g/mol. The van der Waals surface area contributed by atoms with Crippen molar-refractivity contribution in [3.05, 3.63) is 94.2 Å². The second-order valence-electron chi connectivity index (χ2n) is 12.4. The molecule has 1 aromatic heterocycles. The third-order valence-corrected chi connectivity index (χ3v) is 7.55. The van der Waals surface area contributed by atoms with Gasteiger partial charge in [-0.05, 0) is 95.4 Å². The van der Waals surface area contributed by atoms with E-state index in [0.29, 0.717) is 25.4 Å². The Kier molecular flexibility index (Phi) is 9.65. The summed E-state index contributed by atoms with van der Waals surface area (Å²) in [5.41, 5.74) is 6.31. The van der Waals surface area contributed by atoms with Gasteiger partial charge in [0.05, 0.1) is 18.5 Å². The summed E-state index contributed by atoms with van der Waals surface area (Å²) in [6, 6.07) is 12.2. The summed E-state index contributed by atoms with van der Waals surface area (Å²) in [6.07, 6.45) is 6.97. The first-order valence-corrected chi connectivity index (χ1v) is 15.6. The zero-order valence-corrected chi connectivity index (χ0v) is 27.6. The first kappa shape index (κ1) is 32.5. The fraction of sp³-hybridized carbons (Fsp3) is 0.389. The number of amides is 1.